The van der Waals surface area contributed by atoms with Gasteiger partial charge in [0.2, 0.25) is 0 Å². The maximum Gasteiger partial charge on any atom is 0.273 e. The first-order valence-electron chi connectivity index (χ1n) is 6.36. The van der Waals surface area contributed by atoms with E-state index >= 15 is 0 Å². The first-order chi connectivity index (χ1) is 9.06. The van der Waals surface area contributed by atoms with E-state index in [0.29, 0.717) is 6.54 Å². The fraction of sp³-hybridized carbons (Fsp3) is 0.538. The Bertz CT molecular complexity index is 424. The van der Waals surface area contributed by atoms with Crippen molar-refractivity contribution in [1.29, 1.82) is 0 Å². The van der Waals surface area contributed by atoms with Gasteiger partial charge in [-0.2, -0.15) is 0 Å². The fourth-order valence-electron chi connectivity index (χ4n) is 1.53. The van der Waals surface area contributed by atoms with Crippen LogP contribution in [0.4, 0.5) is 17.1 Å². The van der Waals surface area contributed by atoms with Crippen LogP contribution in [0, 0.1) is 10.1 Å². The molecule has 0 bridgehead atoms. The summed E-state index contributed by atoms with van der Waals surface area (Å²) in [7, 11) is 1.63. The molecule has 0 aromatic heterocycles. The lowest BCUT2D eigenvalue weighted by atomic mass is 10.2. The highest BCUT2D eigenvalue weighted by molar-refractivity contribution is 5.63. The van der Waals surface area contributed by atoms with Crippen LogP contribution >= 0.6 is 0 Å². The van der Waals surface area contributed by atoms with Gasteiger partial charge in [-0.05, 0) is 19.4 Å². The number of nitrogens with zero attached hydrogens (tertiary/aromatic N) is 1. The maximum atomic E-state index is 10.9. The van der Waals surface area contributed by atoms with Gasteiger partial charge in [0.1, 0.15) is 0 Å². The highest BCUT2D eigenvalue weighted by atomic mass is 16.6. The summed E-state index contributed by atoms with van der Waals surface area (Å²) in [6, 6.07) is 4.94. The van der Waals surface area contributed by atoms with Crippen molar-refractivity contribution in [3.8, 4) is 0 Å². The standard InChI is InChI=1S/C13H21N3O3/c1-4-5-14-11-6-12(15-9-10(2)19-3)8-13(7-11)16(17)18/h6-8,10,14-15H,4-5,9H2,1-3H3. The zero-order valence-corrected chi connectivity index (χ0v) is 11.6. The summed E-state index contributed by atoms with van der Waals surface area (Å²) in [5.74, 6) is 0. The number of methoxy groups -OCH3 is 1. The molecule has 1 rings (SSSR count). The maximum absolute atomic E-state index is 10.9. The van der Waals surface area contributed by atoms with E-state index in [1.54, 1.807) is 13.2 Å². The summed E-state index contributed by atoms with van der Waals surface area (Å²) in [5, 5.41) is 17.2. The number of hydrogen-bond donors (Lipinski definition) is 2. The average Bonchev–Trinajstić information content (AvgIpc) is 2.42. The molecule has 6 heteroatoms. The molecule has 0 aliphatic carbocycles. The number of benzene rings is 1. The summed E-state index contributed by atoms with van der Waals surface area (Å²) in [6.07, 6.45) is 1.01. The monoisotopic (exact) mass is 267 g/mol. The highest BCUT2D eigenvalue weighted by Crippen LogP contribution is 2.24. The Morgan fingerprint density at radius 3 is 2.47 bits per heavy atom. The Morgan fingerprint density at radius 1 is 1.32 bits per heavy atom. The molecule has 0 fully saturated rings. The summed E-state index contributed by atoms with van der Waals surface area (Å²) in [4.78, 5) is 10.5. The molecular weight excluding hydrogens is 246 g/mol. The van der Waals surface area contributed by atoms with Gasteiger partial charge in [0.15, 0.2) is 0 Å². The number of rotatable bonds is 8. The van der Waals surface area contributed by atoms with Gasteiger partial charge in [0, 0.05) is 43.7 Å². The predicted octanol–water partition coefficient (Wildman–Crippen LogP) is 2.86. The summed E-state index contributed by atoms with van der Waals surface area (Å²) < 4.78 is 5.13. The molecule has 0 radical (unpaired) electrons. The molecule has 0 aliphatic heterocycles. The molecule has 0 saturated carbocycles. The van der Waals surface area contributed by atoms with Crippen LogP contribution in [-0.4, -0.2) is 31.2 Å². The number of anilines is 2. The van der Waals surface area contributed by atoms with Crippen LogP contribution in [0.15, 0.2) is 18.2 Å². The second kappa shape index (κ2) is 7.58. The third-order valence-electron chi connectivity index (χ3n) is 2.70. The van der Waals surface area contributed by atoms with Gasteiger partial charge in [-0.25, -0.2) is 0 Å². The van der Waals surface area contributed by atoms with E-state index in [-0.39, 0.29) is 16.7 Å². The summed E-state index contributed by atoms with van der Waals surface area (Å²) in [6.45, 7) is 5.37. The quantitative estimate of drug-likeness (QED) is 0.559. The Kier molecular flexibility index (Phi) is 6.08. The Labute approximate surface area is 113 Å². The van der Waals surface area contributed by atoms with E-state index in [0.717, 1.165) is 24.3 Å². The molecule has 0 spiro atoms. The van der Waals surface area contributed by atoms with Crippen LogP contribution in [-0.2, 0) is 4.74 Å². The Hall–Kier alpha value is -1.82. The molecule has 1 aromatic carbocycles. The lowest BCUT2D eigenvalue weighted by Gasteiger charge is -2.13. The van der Waals surface area contributed by atoms with Crippen LogP contribution in [0.3, 0.4) is 0 Å². The predicted molar refractivity (Wildman–Crippen MR) is 76.8 cm³/mol. The van der Waals surface area contributed by atoms with E-state index in [1.165, 1.54) is 6.07 Å². The van der Waals surface area contributed by atoms with Crippen LogP contribution in [0.1, 0.15) is 20.3 Å². The van der Waals surface area contributed by atoms with E-state index in [2.05, 4.69) is 10.6 Å². The number of nitro benzene ring substituents is 1. The number of nitrogens with one attached hydrogen (secondary N) is 2. The number of ether oxygens (including phenoxy) is 1. The van der Waals surface area contributed by atoms with E-state index in [1.807, 2.05) is 19.9 Å². The fourth-order valence-corrected chi connectivity index (χ4v) is 1.53. The van der Waals surface area contributed by atoms with Gasteiger partial charge in [-0.1, -0.05) is 6.92 Å². The Morgan fingerprint density at radius 2 is 1.95 bits per heavy atom. The zero-order valence-electron chi connectivity index (χ0n) is 11.6. The van der Waals surface area contributed by atoms with Crippen molar-refractivity contribution in [2.75, 3.05) is 30.8 Å². The minimum atomic E-state index is -0.387. The molecule has 0 saturated heterocycles. The van der Waals surface area contributed by atoms with E-state index in [4.69, 9.17) is 4.74 Å². The minimum absolute atomic E-state index is 0.0475. The molecule has 1 atom stereocenters. The van der Waals surface area contributed by atoms with Gasteiger partial charge in [-0.15, -0.1) is 0 Å². The van der Waals surface area contributed by atoms with Crippen LogP contribution in [0.25, 0.3) is 0 Å². The van der Waals surface area contributed by atoms with Crippen molar-refractivity contribution < 1.29 is 9.66 Å². The lowest BCUT2D eigenvalue weighted by molar-refractivity contribution is -0.384. The zero-order chi connectivity index (χ0) is 14.3. The minimum Gasteiger partial charge on any atom is -0.385 e. The summed E-state index contributed by atoms with van der Waals surface area (Å²) >= 11 is 0. The van der Waals surface area contributed by atoms with Crippen LogP contribution in [0.5, 0.6) is 0 Å². The number of non-ortho nitro benzene ring substituents is 1. The van der Waals surface area contributed by atoms with Crippen LogP contribution in [0.2, 0.25) is 0 Å². The third kappa shape index (κ3) is 5.13. The lowest BCUT2D eigenvalue weighted by Crippen LogP contribution is -2.18. The highest BCUT2D eigenvalue weighted by Gasteiger charge is 2.10. The smallest absolute Gasteiger partial charge is 0.273 e. The van der Waals surface area contributed by atoms with Crippen LogP contribution < -0.4 is 10.6 Å². The molecule has 0 heterocycles. The molecular formula is C13H21N3O3. The van der Waals surface area contributed by atoms with Gasteiger partial charge in [0.25, 0.3) is 5.69 Å². The van der Waals surface area contributed by atoms with Crippen molar-refractivity contribution in [3.63, 3.8) is 0 Å². The van der Waals surface area contributed by atoms with E-state index < -0.39 is 0 Å². The topological polar surface area (TPSA) is 76.4 Å². The molecule has 1 unspecified atom stereocenters. The summed E-state index contributed by atoms with van der Waals surface area (Å²) in [5.41, 5.74) is 1.55. The average molecular weight is 267 g/mol. The second-order valence-electron chi connectivity index (χ2n) is 4.38. The van der Waals surface area contributed by atoms with Gasteiger partial charge in [-0.3, -0.25) is 10.1 Å². The molecule has 0 aliphatic rings. The number of hydrogen-bond acceptors (Lipinski definition) is 5. The van der Waals surface area contributed by atoms with Gasteiger partial charge >= 0.3 is 0 Å². The van der Waals surface area contributed by atoms with Crippen molar-refractivity contribution in [2.24, 2.45) is 0 Å². The molecule has 106 valence electrons. The molecule has 6 nitrogen and oxygen atoms in total. The van der Waals surface area contributed by atoms with E-state index in [9.17, 15) is 10.1 Å². The Balaban J connectivity index is 2.83. The SMILES string of the molecule is CCCNc1cc(NCC(C)OC)cc([N+](=O)[O-])c1. The molecule has 2 N–H and O–H groups in total. The number of nitro groups is 1. The van der Waals surface area contributed by atoms with Crippen molar-refractivity contribution >= 4 is 17.1 Å². The first-order valence-corrected chi connectivity index (χ1v) is 6.36. The third-order valence-corrected chi connectivity index (χ3v) is 2.70. The van der Waals surface area contributed by atoms with Gasteiger partial charge < -0.3 is 15.4 Å². The first kappa shape index (κ1) is 15.2. The van der Waals surface area contributed by atoms with Gasteiger partial charge in [0.05, 0.1) is 11.0 Å². The van der Waals surface area contributed by atoms with Crippen molar-refractivity contribution in [3.05, 3.63) is 28.3 Å². The van der Waals surface area contributed by atoms with Crippen molar-refractivity contribution in [2.45, 2.75) is 26.4 Å². The molecule has 0 amide bonds. The van der Waals surface area contributed by atoms with Crippen molar-refractivity contribution in [1.82, 2.24) is 0 Å². The largest absolute Gasteiger partial charge is 0.385 e. The normalized spacial score (nSPS) is 11.9. The second-order valence-corrected chi connectivity index (χ2v) is 4.38. The molecule has 19 heavy (non-hydrogen) atoms. The molecule has 1 aromatic rings.